The maximum absolute atomic E-state index is 12.3. The van der Waals surface area contributed by atoms with Gasteiger partial charge in [-0.05, 0) is 37.5 Å². The smallest absolute Gasteiger partial charge is 0.384 e. The van der Waals surface area contributed by atoms with Crippen molar-refractivity contribution in [2.24, 2.45) is 0 Å². The average molecular weight is 331 g/mol. The number of aromatic nitrogens is 1. The number of allylic oxidation sites excluding steroid dienone is 2. The van der Waals surface area contributed by atoms with E-state index in [2.05, 4.69) is 10.3 Å². The van der Waals surface area contributed by atoms with Crippen LogP contribution in [0.5, 0.6) is 0 Å². The lowest BCUT2D eigenvalue weighted by Gasteiger charge is -2.30. The topological polar surface area (TPSA) is 111 Å². The first-order valence-electron chi connectivity index (χ1n) is 7.33. The van der Waals surface area contributed by atoms with Gasteiger partial charge in [0.15, 0.2) is 0 Å². The number of amides is 1. The van der Waals surface area contributed by atoms with Crippen LogP contribution in [0.25, 0.3) is 0 Å². The summed E-state index contributed by atoms with van der Waals surface area (Å²) in [6, 6.07) is 2.97. The van der Waals surface area contributed by atoms with Crippen molar-refractivity contribution in [2.45, 2.75) is 32.4 Å². The van der Waals surface area contributed by atoms with Crippen molar-refractivity contribution in [2.75, 3.05) is 0 Å². The molecule has 0 saturated carbocycles. The molecule has 1 aromatic heterocycles. The molecular weight excluding hydrogens is 314 g/mol. The molecular formula is C16H17N3O5. The molecule has 0 aliphatic heterocycles. The number of nitro groups is 1. The summed E-state index contributed by atoms with van der Waals surface area (Å²) in [5, 5.41) is 14.1. The van der Waals surface area contributed by atoms with Crippen LogP contribution in [0.4, 0.5) is 0 Å². The summed E-state index contributed by atoms with van der Waals surface area (Å²) in [5.74, 6) is -0.897. The van der Waals surface area contributed by atoms with Crippen molar-refractivity contribution in [3.63, 3.8) is 0 Å². The summed E-state index contributed by atoms with van der Waals surface area (Å²) in [5.41, 5.74) is -0.908. The van der Waals surface area contributed by atoms with Crippen molar-refractivity contribution >= 4 is 12.4 Å². The Kier molecular flexibility index (Phi) is 5.08. The zero-order valence-corrected chi connectivity index (χ0v) is 13.3. The van der Waals surface area contributed by atoms with Crippen LogP contribution in [0.1, 0.15) is 37.0 Å². The summed E-state index contributed by atoms with van der Waals surface area (Å²) in [6.45, 7) is 3.51. The average Bonchev–Trinajstić information content (AvgIpc) is 2.58. The SMILES string of the molecule is CCC1=CC(OC(=O)c2cccnc2)([N+](=O)[O-])C(NC=O)=C(C)C1. The Hall–Kier alpha value is -3.03. The van der Waals surface area contributed by atoms with Gasteiger partial charge in [-0.3, -0.25) is 19.9 Å². The van der Waals surface area contributed by atoms with Gasteiger partial charge in [-0.25, -0.2) is 4.79 Å². The lowest BCUT2D eigenvalue weighted by atomic mass is 9.89. The molecule has 1 N–H and O–H groups in total. The lowest BCUT2D eigenvalue weighted by Crippen LogP contribution is -2.49. The monoisotopic (exact) mass is 331 g/mol. The molecule has 24 heavy (non-hydrogen) atoms. The third kappa shape index (κ3) is 3.17. The maximum atomic E-state index is 12.3. The maximum Gasteiger partial charge on any atom is 0.427 e. The summed E-state index contributed by atoms with van der Waals surface area (Å²) in [7, 11) is 0. The van der Waals surface area contributed by atoms with Gasteiger partial charge in [-0.15, -0.1) is 0 Å². The highest BCUT2D eigenvalue weighted by atomic mass is 16.7. The number of nitrogens with zero attached hydrogens (tertiary/aromatic N) is 2. The van der Waals surface area contributed by atoms with E-state index in [9.17, 15) is 19.7 Å². The molecule has 1 aromatic rings. The fraction of sp³-hybridized carbons (Fsp3) is 0.312. The molecule has 8 heteroatoms. The molecule has 0 radical (unpaired) electrons. The summed E-state index contributed by atoms with van der Waals surface area (Å²) in [4.78, 5) is 38.1. The number of hydrogen-bond acceptors (Lipinski definition) is 6. The fourth-order valence-electron chi connectivity index (χ4n) is 2.59. The van der Waals surface area contributed by atoms with E-state index in [0.717, 1.165) is 5.57 Å². The van der Waals surface area contributed by atoms with Crippen LogP contribution in [-0.2, 0) is 9.53 Å². The predicted molar refractivity (Wildman–Crippen MR) is 84.3 cm³/mol. The second-order valence-corrected chi connectivity index (χ2v) is 5.34. The van der Waals surface area contributed by atoms with E-state index in [1.807, 2.05) is 6.92 Å². The van der Waals surface area contributed by atoms with E-state index in [0.29, 0.717) is 24.8 Å². The summed E-state index contributed by atoms with van der Waals surface area (Å²) >= 11 is 0. The van der Waals surface area contributed by atoms with Crippen LogP contribution in [0, 0.1) is 10.1 Å². The summed E-state index contributed by atoms with van der Waals surface area (Å²) < 4.78 is 5.26. The van der Waals surface area contributed by atoms with E-state index in [4.69, 9.17) is 4.74 Å². The van der Waals surface area contributed by atoms with Gasteiger partial charge in [0.2, 0.25) is 6.41 Å². The van der Waals surface area contributed by atoms with Crippen LogP contribution >= 0.6 is 0 Å². The van der Waals surface area contributed by atoms with E-state index in [1.54, 1.807) is 6.92 Å². The number of esters is 1. The van der Waals surface area contributed by atoms with Crippen LogP contribution in [-0.4, -0.2) is 28.0 Å². The Labute approximate surface area is 138 Å². The van der Waals surface area contributed by atoms with E-state index >= 15 is 0 Å². The van der Waals surface area contributed by atoms with Crippen LogP contribution in [0.2, 0.25) is 0 Å². The van der Waals surface area contributed by atoms with Gasteiger partial charge in [-0.2, -0.15) is 0 Å². The number of rotatable bonds is 6. The molecule has 0 saturated heterocycles. The Morgan fingerprint density at radius 3 is 2.88 bits per heavy atom. The molecule has 0 bridgehead atoms. The van der Waals surface area contributed by atoms with Crippen molar-refractivity contribution in [1.29, 1.82) is 0 Å². The molecule has 1 unspecified atom stereocenters. The van der Waals surface area contributed by atoms with E-state index < -0.39 is 16.6 Å². The highest BCUT2D eigenvalue weighted by Gasteiger charge is 2.52. The number of carbonyl (C=O) groups is 2. The zero-order valence-electron chi connectivity index (χ0n) is 13.3. The van der Waals surface area contributed by atoms with E-state index in [-0.39, 0.29) is 11.3 Å². The van der Waals surface area contributed by atoms with Gasteiger partial charge < -0.3 is 10.1 Å². The Balaban J connectivity index is 2.52. The van der Waals surface area contributed by atoms with E-state index in [1.165, 1.54) is 30.6 Å². The molecule has 0 spiro atoms. The van der Waals surface area contributed by atoms with Crippen molar-refractivity contribution in [1.82, 2.24) is 10.3 Å². The highest BCUT2D eigenvalue weighted by Crippen LogP contribution is 2.35. The largest absolute Gasteiger partial charge is 0.427 e. The molecule has 1 aliphatic carbocycles. The molecule has 8 nitrogen and oxygen atoms in total. The van der Waals surface area contributed by atoms with Gasteiger partial charge in [0.25, 0.3) is 0 Å². The second-order valence-electron chi connectivity index (χ2n) is 5.34. The third-order valence-electron chi connectivity index (χ3n) is 3.75. The number of ether oxygens (including phenoxy) is 1. The van der Waals surface area contributed by atoms with Crippen molar-refractivity contribution in [3.05, 3.63) is 63.1 Å². The van der Waals surface area contributed by atoms with Crippen molar-refractivity contribution in [3.8, 4) is 0 Å². The van der Waals surface area contributed by atoms with Gasteiger partial charge in [-0.1, -0.05) is 12.5 Å². The van der Waals surface area contributed by atoms with Crippen LogP contribution in [0.3, 0.4) is 0 Å². The Morgan fingerprint density at radius 1 is 1.58 bits per heavy atom. The molecule has 1 heterocycles. The second kappa shape index (κ2) is 7.03. The Bertz CT molecular complexity index is 726. The van der Waals surface area contributed by atoms with Crippen LogP contribution in [0.15, 0.2) is 47.4 Å². The third-order valence-corrected chi connectivity index (χ3v) is 3.75. The molecule has 1 aliphatic rings. The minimum absolute atomic E-state index is 0.0445. The zero-order chi connectivity index (χ0) is 17.7. The minimum Gasteiger partial charge on any atom is -0.384 e. The van der Waals surface area contributed by atoms with Crippen molar-refractivity contribution < 1.29 is 19.2 Å². The predicted octanol–water partition coefficient (Wildman–Crippen LogP) is 1.97. The molecule has 1 amide bonds. The first-order chi connectivity index (χ1) is 11.4. The Morgan fingerprint density at radius 2 is 2.33 bits per heavy atom. The van der Waals surface area contributed by atoms with Crippen LogP contribution < -0.4 is 5.32 Å². The molecule has 0 aromatic carbocycles. The quantitative estimate of drug-likeness (QED) is 0.213. The van der Waals surface area contributed by atoms with Gasteiger partial charge in [0.05, 0.1) is 10.5 Å². The van der Waals surface area contributed by atoms with Gasteiger partial charge >= 0.3 is 11.7 Å². The number of hydrogen-bond donors (Lipinski definition) is 1. The first-order valence-corrected chi connectivity index (χ1v) is 7.33. The van der Waals surface area contributed by atoms with Gasteiger partial charge in [0, 0.05) is 18.5 Å². The summed E-state index contributed by atoms with van der Waals surface area (Å²) in [6.07, 6.45) is 5.38. The minimum atomic E-state index is -2.26. The molecule has 126 valence electrons. The molecule has 2 rings (SSSR count). The highest BCUT2D eigenvalue weighted by molar-refractivity contribution is 5.89. The number of carbonyl (C=O) groups excluding carboxylic acids is 2. The number of pyridine rings is 1. The molecule has 1 atom stereocenters. The standard InChI is InChI=1S/C16H17N3O5/c1-3-12-7-11(2)14(18-10-20)16(8-12,19(22)23)24-15(21)13-5-4-6-17-9-13/h4-6,8-10H,3,7H2,1-2H3,(H,18,20). The molecule has 0 fully saturated rings. The normalized spacial score (nSPS) is 20.2. The first kappa shape index (κ1) is 17.3. The van der Waals surface area contributed by atoms with Gasteiger partial charge in [0.1, 0.15) is 5.70 Å². The lowest BCUT2D eigenvalue weighted by molar-refractivity contribution is -0.592. The fourth-order valence-corrected chi connectivity index (χ4v) is 2.59. The number of nitrogens with one attached hydrogen (secondary N) is 1.